The van der Waals surface area contributed by atoms with Crippen LogP contribution >= 0.6 is 46.4 Å². The van der Waals surface area contributed by atoms with E-state index >= 15 is 0 Å². The third kappa shape index (κ3) is 30.3. The Hall–Kier alpha value is -7.87. The first-order valence-corrected chi connectivity index (χ1v) is 47.7. The number of ether oxygens (including phenoxy) is 5. The molecule has 0 aromatic heterocycles. The van der Waals surface area contributed by atoms with Crippen molar-refractivity contribution in [2.75, 3.05) is 216 Å². The summed E-state index contributed by atoms with van der Waals surface area (Å²) in [6.07, 6.45) is -22.7. The summed E-state index contributed by atoms with van der Waals surface area (Å²) in [5, 5.41) is 8.45. The molecule has 744 valence electrons. The Morgan fingerprint density at radius 3 is 1.05 bits per heavy atom. The van der Waals surface area contributed by atoms with Gasteiger partial charge in [0.15, 0.2) is 24.4 Å². The van der Waals surface area contributed by atoms with Crippen LogP contribution in [0.1, 0.15) is 109 Å². The lowest BCUT2D eigenvalue weighted by Gasteiger charge is -2.40. The lowest BCUT2D eigenvalue weighted by atomic mass is 9.77. The Morgan fingerprint density at radius 2 is 0.744 bits per heavy atom. The van der Waals surface area contributed by atoms with Crippen molar-refractivity contribution in [1.29, 1.82) is 0 Å². The van der Waals surface area contributed by atoms with Gasteiger partial charge in [0.25, 0.3) is 0 Å². The highest BCUT2D eigenvalue weighted by molar-refractivity contribution is 7.88. The maximum Gasteiger partial charge on any atom is 0.425 e. The fourth-order valence-electron chi connectivity index (χ4n) is 17.7. The third-order valence-electron chi connectivity index (χ3n) is 26.0. The van der Waals surface area contributed by atoms with Crippen LogP contribution in [0.2, 0.25) is 20.1 Å². The van der Waals surface area contributed by atoms with Crippen molar-refractivity contribution < 1.29 is 114 Å². The first kappa shape index (κ1) is 107. The van der Waals surface area contributed by atoms with Crippen LogP contribution in [0.15, 0.2) is 72.8 Å². The minimum absolute atomic E-state index is 0. The van der Waals surface area contributed by atoms with E-state index in [0.717, 1.165) is 165 Å². The number of nitrogens with zero attached hydrogens (tertiary/aromatic N) is 13. The largest absolute Gasteiger partial charge is 0.437 e. The van der Waals surface area contributed by atoms with Crippen LogP contribution < -0.4 is 30.2 Å². The Morgan fingerprint density at radius 1 is 0.436 bits per heavy atom. The standard InChI is InChI=1S/C23H30ClF3N4O3.C23H31ClF3N3O3.C21H28ClF3N4O3.C20H28ClF3N4O4S.CH4/c1-16(23(25,26)27)34-21(33)31-12-10-29(11-13-31)15-17-2-3-18(24)14-19(17)30-8-5-22(6-9-30)4-7-28-20(22)32;1-17(23(25,26)27)33-21(31)29-10-8-28(9-11-29)15-18-2-3-19(24)14-20(18)30-7-4-22(16-30)5-12-32-13-6-22;1-14(21(23,24)25)32-20(31)28-9-7-27(8-10-28)12-16-3-4-17(22)11-19(16)29-6-5-18(13-29)26-15(2)30;1-15(20(22,23)24)32-19(29)27-7-5-25(6-8-27)14-16-3-4-17(21)13-18(16)26-9-11-28(12-10-26)33(2,30)31;/h2-3,14,16H,4-13,15H2,1H3,(H,28,32);2-3,14,17H,4-13,15-16H2,1H3;3-4,11,14,18H,5-10,12-13H2,1-2H3,(H,26,30);3-4,13,15H,5-12,14H2,1-2H3;1H4/t;;14?,18-;;/m..0../s1. The Kier molecular flexibility index (Phi) is 37.5. The molecule has 4 aromatic carbocycles. The van der Waals surface area contributed by atoms with Crippen molar-refractivity contribution in [1.82, 2.24) is 54.1 Å². The molecule has 10 fully saturated rings. The zero-order valence-corrected chi connectivity index (χ0v) is 78.5. The molecule has 4 unspecified atom stereocenters. The molecule has 28 nitrogen and oxygen atoms in total. The summed E-state index contributed by atoms with van der Waals surface area (Å²) in [5.41, 5.74) is 8.54. The number of piperidine rings is 1. The lowest BCUT2D eigenvalue weighted by Crippen LogP contribution is -2.50. The average Bonchev–Trinajstić information content (AvgIpc) is 1.64. The van der Waals surface area contributed by atoms with E-state index in [2.05, 4.69) is 74.8 Å². The van der Waals surface area contributed by atoms with Gasteiger partial charge in [-0.25, -0.2) is 27.6 Å². The zero-order chi connectivity index (χ0) is 96.0. The molecule has 0 bridgehead atoms. The van der Waals surface area contributed by atoms with Gasteiger partial charge in [-0.05, 0) is 149 Å². The first-order valence-electron chi connectivity index (χ1n) is 44.3. The number of hydrogen-bond acceptors (Lipinski definition) is 21. The highest BCUT2D eigenvalue weighted by Gasteiger charge is 2.48. The SMILES string of the molecule is C.CC(=O)N[C@H]1CCN(c2cc(Cl)ccc2CN2CCN(C(=O)OC(C)C(F)(F)F)CC2)C1.CC(OC(=O)N1CCN(Cc2ccc(Cl)cc2N2CCC3(CCNC3=O)CC2)CC1)C(F)(F)F.CC(OC(=O)N1CCN(Cc2ccc(Cl)cc2N2CCC3(CCOCC3)C2)CC1)C(F)(F)F.CC(OC(=O)N1CCN(Cc2ccc(Cl)cc2N2CCN(S(C)(=O)=O)CC2)CC1)C(F)(F)F. The summed E-state index contributed by atoms with van der Waals surface area (Å²) in [4.78, 5) is 94.8. The highest BCUT2D eigenvalue weighted by atomic mass is 35.5. The molecule has 10 heterocycles. The van der Waals surface area contributed by atoms with E-state index in [4.69, 9.17) is 51.1 Å². The second kappa shape index (κ2) is 46.5. The minimum Gasteiger partial charge on any atom is -0.437 e. The van der Waals surface area contributed by atoms with Crippen molar-refractivity contribution in [3.8, 4) is 0 Å². The maximum absolute atomic E-state index is 12.7. The van der Waals surface area contributed by atoms with Gasteiger partial charge in [0, 0.05) is 272 Å². The molecule has 0 saturated carbocycles. The minimum atomic E-state index is -4.59. The quantitative estimate of drug-likeness (QED) is 0.0694. The molecular weight excluding hydrogens is 1880 g/mol. The normalized spacial score (nSPS) is 21.2. The number of carbonyl (C=O) groups is 6. The summed E-state index contributed by atoms with van der Waals surface area (Å²) >= 11 is 25.1. The number of benzene rings is 4. The van der Waals surface area contributed by atoms with Crippen LogP contribution in [0.25, 0.3) is 0 Å². The van der Waals surface area contributed by atoms with Crippen molar-refractivity contribution in [2.24, 2.45) is 10.8 Å². The molecule has 5 atom stereocenters. The van der Waals surface area contributed by atoms with Gasteiger partial charge in [0.2, 0.25) is 21.8 Å². The van der Waals surface area contributed by atoms with E-state index in [-0.39, 0.29) is 43.8 Å². The average molecular weight is 2000 g/mol. The number of carbonyl (C=O) groups excluding carboxylic acids is 6. The lowest BCUT2D eigenvalue weighted by molar-refractivity contribution is -0.200. The fraction of sp³-hybridized carbons (Fsp3) is 0.659. The molecule has 2 spiro atoms. The molecule has 2 N–H and O–H groups in total. The Bertz CT molecular complexity index is 4680. The van der Waals surface area contributed by atoms with Gasteiger partial charge in [0.1, 0.15) is 0 Å². The zero-order valence-electron chi connectivity index (χ0n) is 74.7. The smallest absolute Gasteiger partial charge is 0.425 e. The topological polar surface area (TPSA) is 249 Å². The Balaban J connectivity index is 0.000000183. The van der Waals surface area contributed by atoms with Crippen molar-refractivity contribution in [2.45, 2.75) is 168 Å². The predicted molar refractivity (Wildman–Crippen MR) is 482 cm³/mol. The van der Waals surface area contributed by atoms with E-state index in [1.54, 1.807) is 6.07 Å². The third-order valence-corrected chi connectivity index (χ3v) is 28.2. The maximum atomic E-state index is 12.7. The number of piperazine rings is 5. The molecule has 14 rings (SSSR count). The van der Waals surface area contributed by atoms with E-state index in [0.29, 0.717) is 176 Å². The van der Waals surface area contributed by atoms with Crippen LogP contribution in [-0.2, 0) is 69.5 Å². The van der Waals surface area contributed by atoms with Gasteiger partial charge in [-0.1, -0.05) is 78.1 Å². The van der Waals surface area contributed by atoms with Crippen LogP contribution in [0.4, 0.5) is 94.6 Å². The van der Waals surface area contributed by atoms with Crippen LogP contribution in [-0.4, -0.2) is 339 Å². The highest BCUT2D eigenvalue weighted by Crippen LogP contribution is 2.45. The Labute approximate surface area is 788 Å². The molecule has 4 aromatic rings. The fourth-order valence-corrected chi connectivity index (χ4v) is 19.2. The summed E-state index contributed by atoms with van der Waals surface area (Å²) < 4.78 is 201. The van der Waals surface area contributed by atoms with Crippen molar-refractivity contribution >= 4 is 115 Å². The molecule has 0 radical (unpaired) electrons. The van der Waals surface area contributed by atoms with Gasteiger partial charge in [-0.3, -0.25) is 29.2 Å². The summed E-state index contributed by atoms with van der Waals surface area (Å²) in [5.74, 6) is 0.115. The number of amides is 6. The molecule has 133 heavy (non-hydrogen) atoms. The number of alkyl halides is 12. The van der Waals surface area contributed by atoms with Crippen molar-refractivity contribution in [3.05, 3.63) is 115 Å². The van der Waals surface area contributed by atoms with Gasteiger partial charge >= 0.3 is 49.1 Å². The van der Waals surface area contributed by atoms with E-state index in [1.807, 2.05) is 60.7 Å². The molecule has 10 aliphatic heterocycles. The molecule has 10 aliphatic rings. The van der Waals surface area contributed by atoms with Crippen LogP contribution in [0, 0.1) is 10.8 Å². The van der Waals surface area contributed by atoms with Gasteiger partial charge in [-0.15, -0.1) is 0 Å². The molecule has 45 heteroatoms. The van der Waals surface area contributed by atoms with Crippen LogP contribution in [0.5, 0.6) is 0 Å². The van der Waals surface area contributed by atoms with Gasteiger partial charge in [-0.2, -0.15) is 57.0 Å². The first-order chi connectivity index (χ1) is 62.1. The summed E-state index contributed by atoms with van der Waals surface area (Å²) in [6.45, 7) is 23.2. The monoisotopic (exact) mass is 2000 g/mol. The second-order valence-corrected chi connectivity index (χ2v) is 39.0. The predicted octanol–water partition coefficient (Wildman–Crippen LogP) is 14.7. The number of hydrogen-bond donors (Lipinski definition) is 2. The van der Waals surface area contributed by atoms with E-state index in [9.17, 15) is 89.9 Å². The van der Waals surface area contributed by atoms with Crippen LogP contribution in [0.3, 0.4) is 0 Å². The number of nitrogens with one attached hydrogen (secondary N) is 2. The second-order valence-electron chi connectivity index (χ2n) is 35.3. The molecule has 6 amide bonds. The van der Waals surface area contributed by atoms with Crippen molar-refractivity contribution in [3.63, 3.8) is 0 Å². The number of sulfonamides is 1. The molecule has 10 saturated heterocycles. The number of halogens is 16. The van der Waals surface area contributed by atoms with Gasteiger partial charge in [0.05, 0.1) is 11.7 Å². The molecular formula is C88H121Cl4F12N15O13S. The summed E-state index contributed by atoms with van der Waals surface area (Å²) in [7, 11) is -3.23. The number of anilines is 4. The van der Waals surface area contributed by atoms with E-state index < -0.39 is 83.5 Å². The summed E-state index contributed by atoms with van der Waals surface area (Å²) in [6, 6.07) is 23.2. The van der Waals surface area contributed by atoms with Gasteiger partial charge < -0.3 is 73.5 Å². The molecule has 0 aliphatic carbocycles. The number of rotatable bonds is 18. The van der Waals surface area contributed by atoms with E-state index in [1.165, 1.54) is 42.6 Å².